The molecule has 2 aromatic rings. The van der Waals surface area contributed by atoms with E-state index in [0.717, 1.165) is 29.5 Å². The van der Waals surface area contributed by atoms with Crippen molar-refractivity contribution >= 4 is 21.6 Å². The topological polar surface area (TPSA) is 35.8 Å². The number of aryl methyl sites for hydroxylation is 1. The van der Waals surface area contributed by atoms with E-state index in [0.29, 0.717) is 5.56 Å². The van der Waals surface area contributed by atoms with Gasteiger partial charge in [0, 0.05) is 16.7 Å². The van der Waals surface area contributed by atoms with Gasteiger partial charge in [-0.3, -0.25) is 0 Å². The van der Waals surface area contributed by atoms with Gasteiger partial charge in [0.15, 0.2) is 0 Å². The van der Waals surface area contributed by atoms with Gasteiger partial charge >= 0.3 is 0 Å². The molecule has 1 N–H and O–H groups in total. The van der Waals surface area contributed by atoms with Crippen molar-refractivity contribution in [2.24, 2.45) is 0 Å². The van der Waals surface area contributed by atoms with Crippen LogP contribution in [0.25, 0.3) is 0 Å². The molecule has 2 rings (SSSR count). The van der Waals surface area contributed by atoms with E-state index in [-0.39, 0.29) is 0 Å². The number of nitrogens with zero attached hydrogens (tertiary/aromatic N) is 1. The Balaban J connectivity index is 1.80. The van der Waals surface area contributed by atoms with Crippen molar-refractivity contribution in [3.8, 4) is 6.07 Å². The fourth-order valence-electron chi connectivity index (χ4n) is 1.89. The summed E-state index contributed by atoms with van der Waals surface area (Å²) in [7, 11) is 0. The highest BCUT2D eigenvalue weighted by atomic mass is 79.9. The summed E-state index contributed by atoms with van der Waals surface area (Å²) in [5.41, 5.74) is 3.07. The third-order valence-electron chi connectivity index (χ3n) is 2.90. The number of hydrogen-bond donors (Lipinski definition) is 1. The average molecular weight is 315 g/mol. The summed E-state index contributed by atoms with van der Waals surface area (Å²) >= 11 is 3.39. The summed E-state index contributed by atoms with van der Waals surface area (Å²) in [5, 5.41) is 12.2. The first-order valence-electron chi connectivity index (χ1n) is 6.27. The van der Waals surface area contributed by atoms with E-state index in [1.807, 2.05) is 24.3 Å². The number of hydrogen-bond acceptors (Lipinski definition) is 2. The van der Waals surface area contributed by atoms with E-state index >= 15 is 0 Å². The third-order valence-corrected chi connectivity index (χ3v) is 3.56. The van der Waals surface area contributed by atoms with Crippen molar-refractivity contribution in [2.45, 2.75) is 12.8 Å². The van der Waals surface area contributed by atoms with Gasteiger partial charge in [-0.15, -0.1) is 0 Å². The minimum Gasteiger partial charge on any atom is -0.385 e. The minimum atomic E-state index is 0.662. The summed E-state index contributed by atoms with van der Waals surface area (Å²) in [5.74, 6) is 0. The lowest BCUT2D eigenvalue weighted by Crippen LogP contribution is -2.03. The zero-order valence-corrected chi connectivity index (χ0v) is 12.2. The van der Waals surface area contributed by atoms with Crippen molar-refractivity contribution in [3.05, 3.63) is 64.1 Å². The van der Waals surface area contributed by atoms with Crippen LogP contribution in [0.5, 0.6) is 0 Å². The molecule has 3 heteroatoms. The van der Waals surface area contributed by atoms with Crippen molar-refractivity contribution in [3.63, 3.8) is 0 Å². The summed E-state index contributed by atoms with van der Waals surface area (Å²) in [6.07, 6.45) is 2.16. The molecule has 0 atom stereocenters. The Morgan fingerprint density at radius 3 is 2.58 bits per heavy atom. The maximum absolute atomic E-state index is 8.85. The monoisotopic (exact) mass is 314 g/mol. The molecule has 0 saturated carbocycles. The molecular formula is C16H15BrN2. The van der Waals surface area contributed by atoms with Crippen LogP contribution in [-0.4, -0.2) is 6.54 Å². The number of halogens is 1. The van der Waals surface area contributed by atoms with Gasteiger partial charge in [-0.05, 0) is 52.5 Å². The smallest absolute Gasteiger partial charge is 0.100 e. The van der Waals surface area contributed by atoms with Gasteiger partial charge < -0.3 is 5.32 Å². The van der Waals surface area contributed by atoms with E-state index in [9.17, 15) is 0 Å². The molecular weight excluding hydrogens is 300 g/mol. The zero-order chi connectivity index (χ0) is 13.5. The van der Waals surface area contributed by atoms with Gasteiger partial charge in [0.25, 0.3) is 0 Å². The SMILES string of the molecule is N#Cc1ccc(NCCCc2ccccc2)cc1Br. The lowest BCUT2D eigenvalue weighted by Gasteiger charge is -2.07. The molecule has 96 valence electrons. The molecule has 0 aliphatic carbocycles. The lowest BCUT2D eigenvalue weighted by atomic mass is 10.1. The van der Waals surface area contributed by atoms with Crippen LogP contribution in [0.3, 0.4) is 0 Å². The van der Waals surface area contributed by atoms with Crippen LogP contribution in [-0.2, 0) is 6.42 Å². The molecule has 0 aliphatic rings. The number of anilines is 1. The second-order valence-electron chi connectivity index (χ2n) is 4.32. The second kappa shape index (κ2) is 6.96. The average Bonchev–Trinajstić information content (AvgIpc) is 2.45. The molecule has 0 fully saturated rings. The molecule has 0 amide bonds. The third kappa shape index (κ3) is 4.11. The van der Waals surface area contributed by atoms with Crippen molar-refractivity contribution in [1.29, 1.82) is 5.26 Å². The Kier molecular flexibility index (Phi) is 5.00. The largest absolute Gasteiger partial charge is 0.385 e. The fourth-order valence-corrected chi connectivity index (χ4v) is 2.35. The normalized spacial score (nSPS) is 9.89. The van der Waals surface area contributed by atoms with E-state index in [4.69, 9.17) is 5.26 Å². The van der Waals surface area contributed by atoms with Crippen LogP contribution in [0.1, 0.15) is 17.5 Å². The highest BCUT2D eigenvalue weighted by Crippen LogP contribution is 2.20. The molecule has 0 bridgehead atoms. The summed E-state index contributed by atoms with van der Waals surface area (Å²) in [6, 6.07) is 18.3. The molecule has 0 saturated heterocycles. The maximum Gasteiger partial charge on any atom is 0.100 e. The van der Waals surface area contributed by atoms with Crippen LogP contribution in [0.15, 0.2) is 53.0 Å². The highest BCUT2D eigenvalue weighted by Gasteiger charge is 2.00. The van der Waals surface area contributed by atoms with Gasteiger partial charge in [-0.25, -0.2) is 0 Å². The van der Waals surface area contributed by atoms with Gasteiger partial charge in [-0.2, -0.15) is 5.26 Å². The van der Waals surface area contributed by atoms with Gasteiger partial charge in [0.05, 0.1) is 5.56 Å². The summed E-state index contributed by atoms with van der Waals surface area (Å²) in [6.45, 7) is 0.924. The van der Waals surface area contributed by atoms with Crippen LogP contribution < -0.4 is 5.32 Å². The first kappa shape index (κ1) is 13.6. The number of benzene rings is 2. The quantitative estimate of drug-likeness (QED) is 0.832. The molecule has 19 heavy (non-hydrogen) atoms. The Labute approximate surface area is 122 Å². The van der Waals surface area contributed by atoms with E-state index in [2.05, 4.69) is 51.6 Å². The van der Waals surface area contributed by atoms with E-state index in [1.54, 1.807) is 0 Å². The molecule has 0 unspecified atom stereocenters. The minimum absolute atomic E-state index is 0.662. The van der Waals surface area contributed by atoms with Crippen molar-refractivity contribution < 1.29 is 0 Å². The van der Waals surface area contributed by atoms with Crippen LogP contribution >= 0.6 is 15.9 Å². The Bertz CT molecular complexity index is 573. The molecule has 0 aromatic heterocycles. The van der Waals surface area contributed by atoms with E-state index in [1.165, 1.54) is 5.56 Å². The van der Waals surface area contributed by atoms with Gasteiger partial charge in [0.2, 0.25) is 0 Å². The molecule has 0 aliphatic heterocycles. The van der Waals surface area contributed by atoms with Crippen molar-refractivity contribution in [1.82, 2.24) is 0 Å². The Morgan fingerprint density at radius 1 is 1.11 bits per heavy atom. The molecule has 0 spiro atoms. The number of rotatable bonds is 5. The Morgan fingerprint density at radius 2 is 1.89 bits per heavy atom. The van der Waals surface area contributed by atoms with Crippen molar-refractivity contribution in [2.75, 3.05) is 11.9 Å². The maximum atomic E-state index is 8.85. The second-order valence-corrected chi connectivity index (χ2v) is 5.18. The molecule has 0 heterocycles. The standard InChI is InChI=1S/C16H15BrN2/c17-16-11-15(9-8-14(16)12-18)19-10-4-7-13-5-2-1-3-6-13/h1-3,5-6,8-9,11,19H,4,7,10H2. The van der Waals surface area contributed by atoms with Crippen LogP contribution in [0.2, 0.25) is 0 Å². The van der Waals surface area contributed by atoms with E-state index < -0.39 is 0 Å². The predicted octanol–water partition coefficient (Wildman–Crippen LogP) is 4.37. The lowest BCUT2D eigenvalue weighted by molar-refractivity contribution is 0.863. The van der Waals surface area contributed by atoms with Crippen LogP contribution in [0, 0.1) is 11.3 Å². The number of nitrogens with one attached hydrogen (secondary N) is 1. The zero-order valence-electron chi connectivity index (χ0n) is 10.6. The Hall–Kier alpha value is -1.79. The number of nitriles is 1. The summed E-state index contributed by atoms with van der Waals surface area (Å²) in [4.78, 5) is 0. The van der Waals surface area contributed by atoms with Crippen LogP contribution in [0.4, 0.5) is 5.69 Å². The molecule has 2 aromatic carbocycles. The first-order valence-corrected chi connectivity index (χ1v) is 7.06. The predicted molar refractivity (Wildman–Crippen MR) is 82.1 cm³/mol. The fraction of sp³-hybridized carbons (Fsp3) is 0.188. The summed E-state index contributed by atoms with van der Waals surface area (Å²) < 4.78 is 0.836. The molecule has 0 radical (unpaired) electrons. The first-order chi connectivity index (χ1) is 9.29. The van der Waals surface area contributed by atoms with Gasteiger partial charge in [-0.1, -0.05) is 30.3 Å². The highest BCUT2D eigenvalue weighted by molar-refractivity contribution is 9.10. The molecule has 2 nitrogen and oxygen atoms in total. The van der Waals surface area contributed by atoms with Gasteiger partial charge in [0.1, 0.15) is 6.07 Å².